The molecule has 3 aliphatic rings. The topological polar surface area (TPSA) is 48.5 Å². The molecule has 1 atom stereocenters. The Morgan fingerprint density at radius 1 is 0.368 bits per heavy atom. The van der Waals surface area contributed by atoms with Crippen LogP contribution in [0.4, 0.5) is 0 Å². The van der Waals surface area contributed by atoms with E-state index in [0.717, 1.165) is 45.0 Å². The van der Waals surface area contributed by atoms with Crippen LogP contribution in [0.15, 0.2) is 261 Å². The Hall–Kier alpha value is -9.71. The molecule has 3 aromatic heterocycles. The van der Waals surface area contributed by atoms with Gasteiger partial charge >= 0.3 is 0 Å². The Balaban J connectivity index is 0.964. The van der Waals surface area contributed by atoms with Crippen LogP contribution in [0.25, 0.3) is 78.8 Å². The first kappa shape index (κ1) is 42.8. The monoisotopic (exact) mass is 969 g/mol. The van der Waals surface area contributed by atoms with Crippen molar-refractivity contribution in [1.29, 1.82) is 0 Å². The van der Waals surface area contributed by atoms with Crippen molar-refractivity contribution in [2.75, 3.05) is 0 Å². The van der Waals surface area contributed by atoms with Gasteiger partial charge in [-0.15, -0.1) is 0 Å². The van der Waals surface area contributed by atoms with Gasteiger partial charge in [0.2, 0.25) is 11.9 Å². The number of allylic oxidation sites excluding steroid dienone is 1. The van der Waals surface area contributed by atoms with Gasteiger partial charge in [-0.3, -0.25) is 9.13 Å². The lowest BCUT2D eigenvalue weighted by molar-refractivity contribution is 0.478. The summed E-state index contributed by atoms with van der Waals surface area (Å²) in [7, 11) is 0. The molecule has 0 amide bonds. The Morgan fingerprint density at radius 2 is 0.868 bits per heavy atom. The molecule has 0 aliphatic heterocycles. The van der Waals surface area contributed by atoms with Gasteiger partial charge in [0.15, 0.2) is 5.82 Å². The van der Waals surface area contributed by atoms with Gasteiger partial charge in [-0.25, -0.2) is 0 Å². The summed E-state index contributed by atoms with van der Waals surface area (Å²) in [6, 6.07) is 95.3. The first-order chi connectivity index (χ1) is 37.7. The number of rotatable bonds is 7. The lowest BCUT2D eigenvalue weighted by Gasteiger charge is -2.39. The van der Waals surface area contributed by atoms with E-state index in [1.54, 1.807) is 0 Å². The van der Waals surface area contributed by atoms with Crippen LogP contribution < -0.4 is 0 Å². The minimum Gasteiger partial charge on any atom is -0.278 e. The van der Waals surface area contributed by atoms with E-state index < -0.39 is 10.8 Å². The average Bonchev–Trinajstić information content (AvgIpc) is 4.39. The third kappa shape index (κ3) is 5.82. The summed E-state index contributed by atoms with van der Waals surface area (Å²) in [5.74, 6) is 1.87. The van der Waals surface area contributed by atoms with Crippen molar-refractivity contribution in [2.45, 2.75) is 17.3 Å². The molecule has 0 saturated heterocycles. The van der Waals surface area contributed by atoms with Crippen LogP contribution >= 0.6 is 0 Å². The van der Waals surface area contributed by atoms with Crippen LogP contribution in [0.3, 0.4) is 0 Å². The van der Waals surface area contributed by atoms with Crippen LogP contribution in [0, 0.1) is 5.92 Å². The van der Waals surface area contributed by atoms with Crippen LogP contribution in [0.2, 0.25) is 0 Å². The summed E-state index contributed by atoms with van der Waals surface area (Å²) in [6.45, 7) is 0. The zero-order chi connectivity index (χ0) is 50.0. The molecule has 0 spiro atoms. The third-order valence-electron chi connectivity index (χ3n) is 17.0. The number of fused-ring (bicyclic) bond motifs is 12. The van der Waals surface area contributed by atoms with Crippen molar-refractivity contribution in [2.24, 2.45) is 5.92 Å². The summed E-state index contributed by atoms with van der Waals surface area (Å²) in [5, 5.41) is 3.48. The Labute approximate surface area is 440 Å². The molecule has 10 aromatic carbocycles. The quantitative estimate of drug-likeness (QED) is 0.160. The second-order valence-electron chi connectivity index (χ2n) is 20.6. The summed E-state index contributed by atoms with van der Waals surface area (Å²) >= 11 is 0. The first-order valence-corrected chi connectivity index (χ1v) is 26.4. The highest BCUT2D eigenvalue weighted by Crippen LogP contribution is 2.61. The lowest BCUT2D eigenvalue weighted by atomic mass is 9.62. The molecule has 0 fully saturated rings. The molecule has 1 unspecified atom stereocenters. The fourth-order valence-electron chi connectivity index (χ4n) is 14.1. The molecule has 0 N–H and O–H groups in total. The van der Waals surface area contributed by atoms with Crippen LogP contribution in [0.1, 0.15) is 55.8 Å². The van der Waals surface area contributed by atoms with E-state index in [9.17, 15) is 0 Å². The van der Waals surface area contributed by atoms with E-state index in [1.165, 1.54) is 72.2 Å². The highest BCUT2D eigenvalue weighted by atomic mass is 15.3. The van der Waals surface area contributed by atoms with Crippen molar-refractivity contribution in [3.05, 3.63) is 317 Å². The van der Waals surface area contributed by atoms with Crippen LogP contribution in [0.5, 0.6) is 0 Å². The van der Waals surface area contributed by atoms with E-state index in [-0.39, 0.29) is 5.92 Å². The maximum atomic E-state index is 5.69. The molecular formula is C71H47N5. The van der Waals surface area contributed by atoms with Gasteiger partial charge < -0.3 is 0 Å². The Morgan fingerprint density at radius 3 is 1.51 bits per heavy atom. The Bertz CT molecular complexity index is 4400. The number of aromatic nitrogens is 5. The molecule has 0 saturated carbocycles. The van der Waals surface area contributed by atoms with Crippen molar-refractivity contribution in [3.63, 3.8) is 0 Å². The summed E-state index contributed by atoms with van der Waals surface area (Å²) in [5.41, 5.74) is 19.5. The molecule has 3 aliphatic carbocycles. The number of hydrogen-bond donors (Lipinski definition) is 0. The third-order valence-corrected chi connectivity index (χ3v) is 17.0. The standard InChI is InChI=1S/C71H47N5/c1-6-24-46(25-7-1)67-72-68(75-63-40-22-18-36-53(63)57-42-61-55(44-65(57)75)51-34-16-20-38-59(51)70(61,47-26-8-2-9-27-47)48-28-10-3-11-29-48)74-69(73-67)76-64-41-23-19-37-54(64)58-43-62-56(45-66(58)76)52-35-17-21-39-60(52)71(62,49-30-12-4-13-31-49)50-32-14-5-15-33-50/h1-42,44-45,62H,43H2. The number of para-hydroxylation sites is 2. The zero-order valence-corrected chi connectivity index (χ0v) is 41.4. The Kier molecular flexibility index (Phi) is 9.23. The van der Waals surface area contributed by atoms with Gasteiger partial charge in [0.05, 0.1) is 33.1 Å². The summed E-state index contributed by atoms with van der Waals surface area (Å²) < 4.78 is 4.60. The smallest absolute Gasteiger partial charge is 0.240 e. The molecule has 3 heterocycles. The van der Waals surface area contributed by atoms with Gasteiger partial charge in [0.1, 0.15) is 0 Å². The summed E-state index contributed by atoms with van der Waals surface area (Å²) in [4.78, 5) is 16.7. The van der Waals surface area contributed by atoms with Gasteiger partial charge in [0.25, 0.3) is 0 Å². The number of benzene rings is 10. The maximum absolute atomic E-state index is 5.69. The van der Waals surface area contributed by atoms with E-state index in [4.69, 9.17) is 15.0 Å². The van der Waals surface area contributed by atoms with Crippen LogP contribution in [-0.4, -0.2) is 24.1 Å². The van der Waals surface area contributed by atoms with Crippen LogP contribution in [-0.2, 0) is 17.3 Å². The van der Waals surface area contributed by atoms with Crippen molar-refractivity contribution < 1.29 is 0 Å². The molecule has 0 radical (unpaired) electrons. The molecule has 16 rings (SSSR count). The van der Waals surface area contributed by atoms with E-state index in [2.05, 4.69) is 270 Å². The van der Waals surface area contributed by atoms with Crippen molar-refractivity contribution in [3.8, 4) is 34.4 Å². The van der Waals surface area contributed by atoms with Crippen molar-refractivity contribution >= 4 is 44.4 Å². The molecule has 76 heavy (non-hydrogen) atoms. The minimum absolute atomic E-state index is 0.127. The predicted molar refractivity (Wildman–Crippen MR) is 308 cm³/mol. The van der Waals surface area contributed by atoms with Gasteiger partial charge in [-0.2, -0.15) is 15.0 Å². The second kappa shape index (κ2) is 16.4. The second-order valence-corrected chi connectivity index (χ2v) is 20.6. The SMILES string of the molecule is C1=C2c3ccccc3C(c3ccccc3)(c3ccccc3)C2Cc2c1n(-c1nc(-c3ccccc3)nc(-n3c4ccccc4c4cc5c(cc43)-c3ccccc3C5(c3ccccc3)c3ccccc3)n1)c1ccccc21. The number of hydrogen-bond acceptors (Lipinski definition) is 3. The molecule has 0 bridgehead atoms. The van der Waals surface area contributed by atoms with E-state index in [0.29, 0.717) is 17.7 Å². The fraction of sp³-hybridized carbons (Fsp3) is 0.0563. The highest BCUT2D eigenvalue weighted by molar-refractivity contribution is 6.12. The summed E-state index contributed by atoms with van der Waals surface area (Å²) in [6.07, 6.45) is 3.29. The zero-order valence-electron chi connectivity index (χ0n) is 41.4. The molecule has 13 aromatic rings. The maximum Gasteiger partial charge on any atom is 0.240 e. The van der Waals surface area contributed by atoms with Gasteiger partial charge in [0, 0.05) is 27.6 Å². The largest absolute Gasteiger partial charge is 0.278 e. The van der Waals surface area contributed by atoms with Gasteiger partial charge in [-0.1, -0.05) is 237 Å². The molecule has 5 nitrogen and oxygen atoms in total. The first-order valence-electron chi connectivity index (χ1n) is 26.4. The van der Waals surface area contributed by atoms with Crippen molar-refractivity contribution in [1.82, 2.24) is 24.1 Å². The molecule has 356 valence electrons. The normalized spacial score (nSPS) is 15.5. The number of nitrogens with zero attached hydrogens (tertiary/aromatic N) is 5. The average molecular weight is 970 g/mol. The predicted octanol–water partition coefficient (Wildman–Crippen LogP) is 16.0. The lowest BCUT2D eigenvalue weighted by Crippen LogP contribution is -2.36. The van der Waals surface area contributed by atoms with E-state index in [1.807, 2.05) is 6.07 Å². The molecule has 5 heteroatoms. The minimum atomic E-state index is -0.545. The highest BCUT2D eigenvalue weighted by Gasteiger charge is 2.53. The van der Waals surface area contributed by atoms with Gasteiger partial charge in [-0.05, 0) is 104 Å². The fourth-order valence-corrected chi connectivity index (χ4v) is 14.1. The van der Waals surface area contributed by atoms with E-state index >= 15 is 0 Å². The molecular weight excluding hydrogens is 923 g/mol.